The predicted molar refractivity (Wildman–Crippen MR) is 101 cm³/mol. The van der Waals surface area contributed by atoms with E-state index in [2.05, 4.69) is 15.5 Å². The number of nitrogens with one attached hydrogen (secondary N) is 1. The molecule has 25 heavy (non-hydrogen) atoms. The van der Waals surface area contributed by atoms with Gasteiger partial charge in [0.25, 0.3) is 0 Å². The Morgan fingerprint density at radius 2 is 1.72 bits per heavy atom. The summed E-state index contributed by atoms with van der Waals surface area (Å²) in [4.78, 5) is 12.0. The Labute approximate surface area is 155 Å². The lowest BCUT2D eigenvalue weighted by Gasteiger charge is -2.06. The van der Waals surface area contributed by atoms with Crippen LogP contribution < -0.4 is 5.32 Å². The summed E-state index contributed by atoms with van der Waals surface area (Å²) in [6.45, 7) is 0.414. The number of hydrogen-bond donors (Lipinski definition) is 1. The summed E-state index contributed by atoms with van der Waals surface area (Å²) in [5.74, 6) is 0.211. The zero-order valence-corrected chi connectivity index (χ0v) is 14.9. The lowest BCUT2D eigenvalue weighted by atomic mass is 10.1. The molecule has 6 heteroatoms. The van der Waals surface area contributed by atoms with Crippen LogP contribution in [0, 0.1) is 0 Å². The van der Waals surface area contributed by atoms with E-state index in [1.165, 1.54) is 11.8 Å². The molecular weight excluding hydrogens is 354 g/mol. The quantitative estimate of drug-likeness (QED) is 0.661. The molecule has 1 aromatic heterocycles. The van der Waals surface area contributed by atoms with E-state index in [9.17, 15) is 4.79 Å². The number of halogens is 1. The number of carbonyl (C=O) groups excluding carboxylic acids is 1. The first-order valence-electron chi connectivity index (χ1n) is 7.74. The Bertz CT molecular complexity index is 841. The van der Waals surface area contributed by atoms with Crippen molar-refractivity contribution in [1.82, 2.24) is 15.5 Å². The van der Waals surface area contributed by atoms with Crippen molar-refractivity contribution >= 4 is 29.3 Å². The third kappa shape index (κ3) is 5.05. The van der Waals surface area contributed by atoms with Gasteiger partial charge in [-0.15, -0.1) is 10.2 Å². The van der Waals surface area contributed by atoms with Crippen LogP contribution in [0.2, 0.25) is 5.02 Å². The van der Waals surface area contributed by atoms with Crippen LogP contribution in [0.5, 0.6) is 0 Å². The lowest BCUT2D eigenvalue weighted by Crippen LogP contribution is -2.24. The van der Waals surface area contributed by atoms with Gasteiger partial charge in [0.15, 0.2) is 0 Å². The fraction of sp³-hybridized carbons (Fsp3) is 0.105. The highest BCUT2D eigenvalue weighted by molar-refractivity contribution is 7.99. The summed E-state index contributed by atoms with van der Waals surface area (Å²) < 4.78 is 0. The van der Waals surface area contributed by atoms with E-state index < -0.39 is 0 Å². The summed E-state index contributed by atoms with van der Waals surface area (Å²) >= 11 is 7.42. The van der Waals surface area contributed by atoms with E-state index in [0.29, 0.717) is 16.6 Å². The number of hydrogen-bond acceptors (Lipinski definition) is 4. The Balaban J connectivity index is 1.50. The van der Waals surface area contributed by atoms with Gasteiger partial charge < -0.3 is 5.32 Å². The van der Waals surface area contributed by atoms with Crippen molar-refractivity contribution in [2.75, 3.05) is 5.75 Å². The van der Waals surface area contributed by atoms with Crippen LogP contribution in [0.4, 0.5) is 0 Å². The second kappa shape index (κ2) is 8.65. The summed E-state index contributed by atoms with van der Waals surface area (Å²) in [7, 11) is 0. The largest absolute Gasteiger partial charge is 0.351 e. The average Bonchev–Trinajstić information content (AvgIpc) is 2.67. The van der Waals surface area contributed by atoms with Gasteiger partial charge in [-0.25, -0.2) is 0 Å². The van der Waals surface area contributed by atoms with Crippen LogP contribution in [-0.2, 0) is 11.3 Å². The molecular formula is C19H16ClN3OS. The van der Waals surface area contributed by atoms with Gasteiger partial charge in [-0.05, 0) is 23.8 Å². The third-order valence-electron chi connectivity index (χ3n) is 3.49. The van der Waals surface area contributed by atoms with Gasteiger partial charge in [0.2, 0.25) is 5.91 Å². The topological polar surface area (TPSA) is 54.9 Å². The standard InChI is InChI=1S/C19H16ClN3OS/c20-16-9-5-4-8-15(16)12-21-18(24)13-25-19-11-10-17(22-23-19)14-6-2-1-3-7-14/h1-11H,12-13H2,(H,21,24). The second-order valence-electron chi connectivity index (χ2n) is 5.28. The third-order valence-corrected chi connectivity index (χ3v) is 4.78. The molecule has 126 valence electrons. The molecule has 1 N–H and O–H groups in total. The highest BCUT2D eigenvalue weighted by Crippen LogP contribution is 2.19. The molecule has 3 rings (SSSR count). The molecule has 0 bridgehead atoms. The number of carbonyl (C=O) groups is 1. The second-order valence-corrected chi connectivity index (χ2v) is 6.68. The molecule has 0 saturated heterocycles. The van der Waals surface area contributed by atoms with Gasteiger partial charge in [-0.1, -0.05) is 71.9 Å². The molecule has 2 aromatic carbocycles. The first kappa shape index (κ1) is 17.5. The van der Waals surface area contributed by atoms with Crippen molar-refractivity contribution in [2.45, 2.75) is 11.6 Å². The first-order valence-corrected chi connectivity index (χ1v) is 9.11. The monoisotopic (exact) mass is 369 g/mol. The zero-order chi connectivity index (χ0) is 17.5. The van der Waals surface area contributed by atoms with E-state index in [1.807, 2.05) is 66.7 Å². The van der Waals surface area contributed by atoms with Crippen LogP contribution in [-0.4, -0.2) is 21.9 Å². The number of amides is 1. The predicted octanol–water partition coefficient (Wildman–Crippen LogP) is 4.21. The Morgan fingerprint density at radius 3 is 2.44 bits per heavy atom. The maximum Gasteiger partial charge on any atom is 0.230 e. The van der Waals surface area contributed by atoms with Gasteiger partial charge >= 0.3 is 0 Å². The zero-order valence-electron chi connectivity index (χ0n) is 13.4. The van der Waals surface area contributed by atoms with Gasteiger partial charge in [-0.2, -0.15) is 0 Å². The summed E-state index contributed by atoms with van der Waals surface area (Å²) in [5.41, 5.74) is 2.73. The van der Waals surface area contributed by atoms with Crippen molar-refractivity contribution in [3.8, 4) is 11.3 Å². The van der Waals surface area contributed by atoms with Crippen molar-refractivity contribution in [2.24, 2.45) is 0 Å². The molecule has 0 aliphatic heterocycles. The Hall–Kier alpha value is -2.37. The fourth-order valence-electron chi connectivity index (χ4n) is 2.19. The minimum Gasteiger partial charge on any atom is -0.351 e. The normalized spacial score (nSPS) is 10.4. The van der Waals surface area contributed by atoms with Crippen molar-refractivity contribution in [3.05, 3.63) is 77.3 Å². The van der Waals surface area contributed by atoms with Crippen LogP contribution in [0.25, 0.3) is 11.3 Å². The van der Waals surface area contributed by atoms with Crippen LogP contribution in [0.3, 0.4) is 0 Å². The molecule has 0 spiro atoms. The molecule has 1 heterocycles. The highest BCUT2D eigenvalue weighted by atomic mass is 35.5. The Morgan fingerprint density at radius 1 is 0.960 bits per heavy atom. The number of nitrogens with zero attached hydrogens (tertiary/aromatic N) is 2. The van der Waals surface area contributed by atoms with E-state index in [-0.39, 0.29) is 11.7 Å². The number of rotatable bonds is 6. The summed E-state index contributed by atoms with van der Waals surface area (Å²) in [5, 5.41) is 12.6. The molecule has 0 unspecified atom stereocenters. The van der Waals surface area contributed by atoms with Crippen LogP contribution >= 0.6 is 23.4 Å². The van der Waals surface area contributed by atoms with Gasteiger partial charge in [0.05, 0.1) is 11.4 Å². The van der Waals surface area contributed by atoms with E-state index in [1.54, 1.807) is 0 Å². The first-order chi connectivity index (χ1) is 12.2. The smallest absolute Gasteiger partial charge is 0.230 e. The Kier molecular flexibility index (Phi) is 6.04. The molecule has 1 amide bonds. The number of benzene rings is 2. The molecule has 3 aromatic rings. The van der Waals surface area contributed by atoms with Gasteiger partial charge in [-0.3, -0.25) is 4.79 Å². The molecule has 0 saturated carbocycles. The van der Waals surface area contributed by atoms with Crippen molar-refractivity contribution in [1.29, 1.82) is 0 Å². The maximum absolute atomic E-state index is 12.0. The number of thioether (sulfide) groups is 1. The fourth-order valence-corrected chi connectivity index (χ4v) is 3.03. The highest BCUT2D eigenvalue weighted by Gasteiger charge is 2.06. The molecule has 0 radical (unpaired) electrons. The van der Waals surface area contributed by atoms with E-state index in [0.717, 1.165) is 16.8 Å². The SMILES string of the molecule is O=C(CSc1ccc(-c2ccccc2)nn1)NCc1ccccc1Cl. The van der Waals surface area contributed by atoms with E-state index >= 15 is 0 Å². The lowest BCUT2D eigenvalue weighted by molar-refractivity contribution is -0.118. The van der Waals surface area contributed by atoms with E-state index in [4.69, 9.17) is 11.6 Å². The molecule has 0 aliphatic rings. The molecule has 0 atom stereocenters. The van der Waals surface area contributed by atoms with Gasteiger partial charge in [0.1, 0.15) is 5.03 Å². The minimum atomic E-state index is -0.0705. The van der Waals surface area contributed by atoms with Crippen LogP contribution in [0.15, 0.2) is 71.8 Å². The average molecular weight is 370 g/mol. The molecule has 4 nitrogen and oxygen atoms in total. The molecule has 0 aliphatic carbocycles. The summed E-state index contributed by atoms with van der Waals surface area (Å²) in [6.07, 6.45) is 0. The van der Waals surface area contributed by atoms with Gasteiger partial charge in [0, 0.05) is 17.1 Å². The summed E-state index contributed by atoms with van der Waals surface area (Å²) in [6, 6.07) is 21.1. The van der Waals surface area contributed by atoms with Crippen molar-refractivity contribution in [3.63, 3.8) is 0 Å². The maximum atomic E-state index is 12.0. The number of aromatic nitrogens is 2. The molecule has 0 fully saturated rings. The van der Waals surface area contributed by atoms with Crippen LogP contribution in [0.1, 0.15) is 5.56 Å². The van der Waals surface area contributed by atoms with Crippen molar-refractivity contribution < 1.29 is 4.79 Å². The minimum absolute atomic E-state index is 0.0705.